The average Bonchev–Trinajstić information content (AvgIpc) is 3.42. The quantitative estimate of drug-likeness (QED) is 0.213. The van der Waals surface area contributed by atoms with Crippen LogP contribution < -0.4 is 9.64 Å². The van der Waals surface area contributed by atoms with Gasteiger partial charge in [0.25, 0.3) is 5.78 Å². The van der Waals surface area contributed by atoms with Gasteiger partial charge in [-0.3, -0.25) is 19.5 Å². The predicted octanol–water partition coefficient (Wildman–Crippen LogP) is 5.76. The number of amides is 1. The number of carbonyl (C=O) groups is 2. The number of carbonyl (C=O) groups excluding carboxylic acids is 2. The van der Waals surface area contributed by atoms with Gasteiger partial charge >= 0.3 is 5.91 Å². The van der Waals surface area contributed by atoms with Crippen molar-refractivity contribution in [1.29, 1.82) is 0 Å². The molecule has 2 aromatic carbocycles. The monoisotopic (exact) mass is 499 g/mol. The number of methoxy groups -OCH3 is 1. The number of ether oxygens (including phenoxy) is 1. The van der Waals surface area contributed by atoms with Gasteiger partial charge in [0.05, 0.1) is 28.9 Å². The number of pyridine rings is 1. The molecule has 1 fully saturated rings. The number of benzene rings is 2. The van der Waals surface area contributed by atoms with Gasteiger partial charge in [-0.15, -0.1) is 0 Å². The maximum absolute atomic E-state index is 13.5. The molecule has 2 aromatic heterocycles. The minimum absolute atomic E-state index is 0.0217. The van der Waals surface area contributed by atoms with Crippen LogP contribution in [0.1, 0.15) is 48.1 Å². The summed E-state index contributed by atoms with van der Waals surface area (Å²) in [5, 5.41) is 12.0. The minimum Gasteiger partial charge on any atom is -0.507 e. The number of para-hydroxylation sites is 1. The standard InChI is InChI=1S/C28H25N3O4S/c1-15(2)18-14-19(16(3)13-21(18)35-4)25(32)23-24(17-9-11-29-12-10-17)31(27(34)26(23)33)28-30-20-7-5-6-8-22(20)36-28/h5-15,24,32H,1-4H3/b25-23+. The zero-order valence-corrected chi connectivity index (χ0v) is 21.2. The Morgan fingerprint density at radius 1 is 1.11 bits per heavy atom. The van der Waals surface area contributed by atoms with Crippen molar-refractivity contribution >= 4 is 44.1 Å². The molecule has 5 rings (SSSR count). The lowest BCUT2D eigenvalue weighted by Gasteiger charge is -2.23. The number of aliphatic hydroxyl groups is 1. The summed E-state index contributed by atoms with van der Waals surface area (Å²) in [5.74, 6) is -0.878. The lowest BCUT2D eigenvalue weighted by Crippen LogP contribution is -2.29. The molecule has 8 heteroatoms. The van der Waals surface area contributed by atoms with Crippen LogP contribution in [0, 0.1) is 6.92 Å². The topological polar surface area (TPSA) is 92.6 Å². The number of rotatable bonds is 5. The van der Waals surface area contributed by atoms with Gasteiger partial charge in [0.15, 0.2) is 5.13 Å². The smallest absolute Gasteiger partial charge is 0.301 e. The van der Waals surface area contributed by atoms with Crippen molar-refractivity contribution in [2.45, 2.75) is 32.7 Å². The summed E-state index contributed by atoms with van der Waals surface area (Å²) in [6.07, 6.45) is 3.20. The van der Waals surface area contributed by atoms with Crippen molar-refractivity contribution in [1.82, 2.24) is 9.97 Å². The molecule has 3 heterocycles. The van der Waals surface area contributed by atoms with E-state index < -0.39 is 17.7 Å². The molecule has 7 nitrogen and oxygen atoms in total. The normalized spacial score (nSPS) is 17.4. The summed E-state index contributed by atoms with van der Waals surface area (Å²) in [5.41, 5.74) is 3.52. The molecule has 1 N–H and O–H groups in total. The Morgan fingerprint density at radius 2 is 1.83 bits per heavy atom. The van der Waals surface area contributed by atoms with Crippen molar-refractivity contribution in [2.24, 2.45) is 0 Å². The fourth-order valence-electron chi connectivity index (χ4n) is 4.58. The van der Waals surface area contributed by atoms with E-state index >= 15 is 0 Å². The first-order chi connectivity index (χ1) is 17.3. The predicted molar refractivity (Wildman–Crippen MR) is 140 cm³/mol. The van der Waals surface area contributed by atoms with Gasteiger partial charge in [-0.25, -0.2) is 4.98 Å². The van der Waals surface area contributed by atoms with Crippen LogP contribution in [0.4, 0.5) is 5.13 Å². The highest BCUT2D eigenvalue weighted by Crippen LogP contribution is 2.45. The molecular formula is C28H25N3O4S. The minimum atomic E-state index is -0.849. The maximum atomic E-state index is 13.5. The number of ketones is 1. The maximum Gasteiger partial charge on any atom is 0.301 e. The fraction of sp³-hybridized carbons (Fsp3) is 0.214. The van der Waals surface area contributed by atoms with Crippen molar-refractivity contribution in [3.8, 4) is 5.75 Å². The molecule has 0 bridgehead atoms. The third kappa shape index (κ3) is 3.83. The van der Waals surface area contributed by atoms with Crippen LogP contribution in [0.2, 0.25) is 0 Å². The number of anilines is 1. The molecule has 1 aliphatic rings. The third-order valence-corrected chi connectivity index (χ3v) is 7.44. The Labute approximate surface area is 212 Å². The zero-order chi connectivity index (χ0) is 25.6. The van der Waals surface area contributed by atoms with E-state index in [0.717, 1.165) is 21.3 Å². The number of thiazole rings is 1. The van der Waals surface area contributed by atoms with Crippen LogP contribution in [0.15, 0.2) is 66.5 Å². The largest absolute Gasteiger partial charge is 0.507 e. The van der Waals surface area contributed by atoms with Crippen LogP contribution in [0.25, 0.3) is 16.0 Å². The second-order valence-corrected chi connectivity index (χ2v) is 9.99. The van der Waals surface area contributed by atoms with E-state index in [-0.39, 0.29) is 17.3 Å². The highest BCUT2D eigenvalue weighted by molar-refractivity contribution is 7.22. The number of aliphatic hydroxyl groups excluding tert-OH is 1. The average molecular weight is 500 g/mol. The first kappa shape index (κ1) is 23.7. The lowest BCUT2D eigenvalue weighted by atomic mass is 9.91. The fourth-order valence-corrected chi connectivity index (χ4v) is 5.57. The SMILES string of the molecule is COc1cc(C)c(/C(O)=C2\C(=O)C(=O)N(c3nc4ccccc4s3)C2c2ccncc2)cc1C(C)C. The number of aromatic nitrogens is 2. The summed E-state index contributed by atoms with van der Waals surface area (Å²) in [6, 6.07) is 13.9. The molecule has 36 heavy (non-hydrogen) atoms. The molecule has 1 aliphatic heterocycles. The van der Waals surface area contributed by atoms with Gasteiger partial charge in [-0.05, 0) is 65.9 Å². The number of fused-ring (bicyclic) bond motifs is 1. The molecule has 4 aromatic rings. The Balaban J connectivity index is 1.75. The summed E-state index contributed by atoms with van der Waals surface area (Å²) < 4.78 is 6.44. The summed E-state index contributed by atoms with van der Waals surface area (Å²) in [4.78, 5) is 37.0. The molecule has 1 unspecified atom stereocenters. The summed E-state index contributed by atoms with van der Waals surface area (Å²) >= 11 is 1.33. The van der Waals surface area contributed by atoms with Crippen LogP contribution in [-0.2, 0) is 9.59 Å². The molecule has 1 saturated heterocycles. The second kappa shape index (κ2) is 9.20. The highest BCUT2D eigenvalue weighted by atomic mass is 32.1. The molecular weight excluding hydrogens is 474 g/mol. The van der Waals surface area contributed by atoms with E-state index in [2.05, 4.69) is 9.97 Å². The van der Waals surface area contributed by atoms with Gasteiger partial charge in [0.2, 0.25) is 0 Å². The number of aryl methyl sites for hydroxylation is 1. The van der Waals surface area contributed by atoms with E-state index in [1.54, 1.807) is 31.6 Å². The highest BCUT2D eigenvalue weighted by Gasteiger charge is 2.48. The van der Waals surface area contributed by atoms with Gasteiger partial charge in [-0.1, -0.05) is 37.3 Å². The molecule has 0 aliphatic carbocycles. The van der Waals surface area contributed by atoms with Gasteiger partial charge < -0.3 is 9.84 Å². The number of Topliss-reactive ketones (excluding diaryl/α,β-unsaturated/α-hetero) is 1. The zero-order valence-electron chi connectivity index (χ0n) is 20.4. The Kier molecular flexibility index (Phi) is 6.05. The summed E-state index contributed by atoms with van der Waals surface area (Å²) in [6.45, 7) is 5.90. The van der Waals surface area contributed by atoms with Crippen LogP contribution >= 0.6 is 11.3 Å². The van der Waals surface area contributed by atoms with Crippen molar-refractivity contribution < 1.29 is 19.4 Å². The van der Waals surface area contributed by atoms with E-state index in [1.165, 1.54) is 16.2 Å². The Morgan fingerprint density at radius 3 is 2.50 bits per heavy atom. The Bertz CT molecular complexity index is 1490. The van der Waals surface area contributed by atoms with Crippen LogP contribution in [-0.4, -0.2) is 33.9 Å². The number of hydrogen-bond donors (Lipinski definition) is 1. The van der Waals surface area contributed by atoms with Crippen molar-refractivity contribution in [2.75, 3.05) is 12.0 Å². The van der Waals surface area contributed by atoms with Crippen molar-refractivity contribution in [3.05, 3.63) is 88.8 Å². The lowest BCUT2D eigenvalue weighted by molar-refractivity contribution is -0.132. The van der Waals surface area contributed by atoms with E-state index in [4.69, 9.17) is 4.74 Å². The van der Waals surface area contributed by atoms with Crippen molar-refractivity contribution in [3.63, 3.8) is 0 Å². The first-order valence-corrected chi connectivity index (χ1v) is 12.4. The molecule has 182 valence electrons. The molecule has 0 spiro atoms. The first-order valence-electron chi connectivity index (χ1n) is 11.6. The van der Waals surface area contributed by atoms with Gasteiger partial charge in [-0.2, -0.15) is 0 Å². The summed E-state index contributed by atoms with van der Waals surface area (Å²) in [7, 11) is 1.60. The molecule has 0 radical (unpaired) electrons. The molecule has 1 amide bonds. The van der Waals surface area contributed by atoms with Crippen LogP contribution in [0.3, 0.4) is 0 Å². The molecule has 1 atom stereocenters. The van der Waals surface area contributed by atoms with E-state index in [1.807, 2.05) is 57.2 Å². The second-order valence-electron chi connectivity index (χ2n) is 8.98. The van der Waals surface area contributed by atoms with Gasteiger partial charge in [0, 0.05) is 18.0 Å². The Hall–Kier alpha value is -4.04. The van der Waals surface area contributed by atoms with E-state index in [0.29, 0.717) is 22.0 Å². The van der Waals surface area contributed by atoms with Gasteiger partial charge in [0.1, 0.15) is 11.5 Å². The third-order valence-electron chi connectivity index (χ3n) is 6.41. The number of nitrogens with zero attached hydrogens (tertiary/aromatic N) is 3. The van der Waals surface area contributed by atoms with E-state index in [9.17, 15) is 14.7 Å². The number of hydrogen-bond acceptors (Lipinski definition) is 7. The molecule has 0 saturated carbocycles. The van der Waals surface area contributed by atoms with Crippen LogP contribution in [0.5, 0.6) is 5.75 Å².